The molecule has 4 aliphatic carbocycles. The first kappa shape index (κ1) is 20.4. The van der Waals surface area contributed by atoms with Crippen molar-refractivity contribution in [1.29, 1.82) is 0 Å². The standard InChI is InChI=1S/C26H43NO3/c1-15-17-7-9-26(30)19(18(17)14-27-10-4-3-5-23(15)27)12-20-21(26)13-24(29)22-11-16(28)6-8-25(20,22)2/h15-24,28-30H,3-14H2,1-2H3/t15-,16+,17-,18-,19+,20+,21-,22-,23+,24+,25+,26+/m1/s1. The molecule has 0 radical (unpaired) electrons. The van der Waals surface area contributed by atoms with Crippen molar-refractivity contribution < 1.29 is 15.3 Å². The molecule has 0 amide bonds. The summed E-state index contributed by atoms with van der Waals surface area (Å²) in [5, 5.41) is 33.7. The molecule has 6 fully saturated rings. The Hall–Kier alpha value is -0.160. The van der Waals surface area contributed by atoms with E-state index in [1.54, 1.807) is 0 Å². The SMILES string of the molecule is C[C@@H]1[C@H]2CC[C@@]3(O)[C@@H]4C[C@H](O)[C@H]5C[C@@H](O)CC[C@@]5(C)[C@H]4C[C@H]3[C@@H]2CN2CCCC[C@@H]12. The quantitative estimate of drug-likeness (QED) is 0.565. The van der Waals surface area contributed by atoms with Crippen LogP contribution in [0.15, 0.2) is 0 Å². The van der Waals surface area contributed by atoms with Crippen LogP contribution in [0.3, 0.4) is 0 Å². The maximum absolute atomic E-state index is 12.2. The first-order valence-electron chi connectivity index (χ1n) is 13.2. The van der Waals surface area contributed by atoms with Gasteiger partial charge in [-0.15, -0.1) is 0 Å². The Kier molecular flexibility index (Phi) is 4.72. The lowest BCUT2D eigenvalue weighted by atomic mass is 9.50. The van der Waals surface area contributed by atoms with Crippen LogP contribution in [0.1, 0.15) is 78.1 Å². The van der Waals surface area contributed by atoms with Crippen molar-refractivity contribution in [2.24, 2.45) is 46.8 Å². The second-order valence-electron chi connectivity index (χ2n) is 12.7. The smallest absolute Gasteiger partial charge is 0.0711 e. The monoisotopic (exact) mass is 417 g/mol. The van der Waals surface area contributed by atoms with E-state index in [2.05, 4.69) is 18.7 Å². The van der Waals surface area contributed by atoms with Crippen LogP contribution >= 0.6 is 0 Å². The second kappa shape index (κ2) is 6.92. The summed E-state index contributed by atoms with van der Waals surface area (Å²) in [6, 6.07) is 0.776. The Morgan fingerprint density at radius 2 is 1.67 bits per heavy atom. The first-order valence-corrected chi connectivity index (χ1v) is 13.2. The zero-order valence-electron chi connectivity index (χ0n) is 19.0. The van der Waals surface area contributed by atoms with Gasteiger partial charge in [0.05, 0.1) is 17.8 Å². The van der Waals surface area contributed by atoms with Crippen LogP contribution in [-0.4, -0.2) is 57.2 Å². The van der Waals surface area contributed by atoms with Crippen molar-refractivity contribution >= 4 is 0 Å². The van der Waals surface area contributed by atoms with E-state index in [9.17, 15) is 15.3 Å². The Balaban J connectivity index is 1.32. The number of hydrogen-bond acceptors (Lipinski definition) is 4. The molecule has 3 N–H and O–H groups in total. The third-order valence-electron chi connectivity index (χ3n) is 11.8. The summed E-state index contributed by atoms with van der Waals surface area (Å²) in [5.41, 5.74) is -0.489. The molecule has 4 saturated carbocycles. The van der Waals surface area contributed by atoms with Gasteiger partial charge in [0.2, 0.25) is 0 Å². The predicted octanol–water partition coefficient (Wildman–Crippen LogP) is 3.43. The van der Waals surface area contributed by atoms with Crippen LogP contribution in [0.5, 0.6) is 0 Å². The molecule has 0 unspecified atom stereocenters. The Labute approximate surface area is 182 Å². The molecule has 0 aromatic carbocycles. The summed E-state index contributed by atoms with van der Waals surface area (Å²) in [4.78, 5) is 2.79. The number of nitrogens with zero attached hydrogens (tertiary/aromatic N) is 1. The minimum absolute atomic E-state index is 0.0814. The van der Waals surface area contributed by atoms with Gasteiger partial charge in [0, 0.05) is 12.6 Å². The highest BCUT2D eigenvalue weighted by Crippen LogP contribution is 2.68. The summed E-state index contributed by atoms with van der Waals surface area (Å²) < 4.78 is 0. The number of piperidine rings is 2. The minimum Gasteiger partial charge on any atom is -0.393 e. The number of rotatable bonds is 0. The number of fused-ring (bicyclic) bond motifs is 8. The van der Waals surface area contributed by atoms with Crippen LogP contribution in [0.2, 0.25) is 0 Å². The highest BCUT2D eigenvalue weighted by atomic mass is 16.3. The molecule has 0 aromatic rings. The molecule has 30 heavy (non-hydrogen) atoms. The Bertz CT molecular complexity index is 685. The zero-order valence-corrected chi connectivity index (χ0v) is 19.0. The highest BCUT2D eigenvalue weighted by molar-refractivity contribution is 5.17. The van der Waals surface area contributed by atoms with Crippen molar-refractivity contribution in [2.75, 3.05) is 13.1 Å². The second-order valence-corrected chi connectivity index (χ2v) is 12.7. The van der Waals surface area contributed by atoms with E-state index in [1.807, 2.05) is 0 Å². The summed E-state index contributed by atoms with van der Waals surface area (Å²) in [6.07, 6.45) is 10.2. The van der Waals surface area contributed by atoms with Gasteiger partial charge in [0.1, 0.15) is 0 Å². The topological polar surface area (TPSA) is 63.9 Å². The minimum atomic E-state index is -0.570. The van der Waals surface area contributed by atoms with Crippen molar-refractivity contribution in [2.45, 2.75) is 102 Å². The molecule has 6 rings (SSSR count). The lowest BCUT2D eigenvalue weighted by Crippen LogP contribution is -2.61. The summed E-state index contributed by atoms with van der Waals surface area (Å²) in [5.74, 6) is 3.55. The normalized spacial score (nSPS) is 60.7. The third kappa shape index (κ3) is 2.66. The van der Waals surface area contributed by atoms with Gasteiger partial charge < -0.3 is 15.3 Å². The van der Waals surface area contributed by atoms with E-state index in [4.69, 9.17) is 0 Å². The van der Waals surface area contributed by atoms with Crippen molar-refractivity contribution in [3.63, 3.8) is 0 Å². The Morgan fingerprint density at radius 1 is 0.833 bits per heavy atom. The lowest BCUT2D eigenvalue weighted by molar-refractivity contribution is -0.175. The van der Waals surface area contributed by atoms with Gasteiger partial charge in [0.15, 0.2) is 0 Å². The van der Waals surface area contributed by atoms with E-state index in [0.29, 0.717) is 17.8 Å². The largest absolute Gasteiger partial charge is 0.393 e. The van der Waals surface area contributed by atoms with Crippen molar-refractivity contribution in [3.8, 4) is 0 Å². The molecular formula is C26H43NO3. The van der Waals surface area contributed by atoms with Crippen LogP contribution < -0.4 is 0 Å². The van der Waals surface area contributed by atoms with Gasteiger partial charge in [-0.25, -0.2) is 0 Å². The van der Waals surface area contributed by atoms with E-state index in [0.717, 1.165) is 56.4 Å². The molecule has 2 saturated heterocycles. The van der Waals surface area contributed by atoms with Crippen LogP contribution in [0.25, 0.3) is 0 Å². The van der Waals surface area contributed by atoms with Crippen LogP contribution in [0, 0.1) is 46.8 Å². The molecule has 2 heterocycles. The van der Waals surface area contributed by atoms with Gasteiger partial charge in [-0.2, -0.15) is 0 Å². The lowest BCUT2D eigenvalue weighted by Gasteiger charge is -2.58. The molecule has 0 spiro atoms. The van der Waals surface area contributed by atoms with E-state index >= 15 is 0 Å². The molecular weight excluding hydrogens is 374 g/mol. The summed E-state index contributed by atoms with van der Waals surface area (Å²) >= 11 is 0. The van der Waals surface area contributed by atoms with Gasteiger partial charge in [-0.1, -0.05) is 20.3 Å². The predicted molar refractivity (Wildman–Crippen MR) is 117 cm³/mol. The van der Waals surface area contributed by atoms with Gasteiger partial charge in [0.25, 0.3) is 0 Å². The first-order chi connectivity index (χ1) is 14.3. The van der Waals surface area contributed by atoms with Gasteiger partial charge in [-0.05, 0) is 111 Å². The van der Waals surface area contributed by atoms with Crippen molar-refractivity contribution in [1.82, 2.24) is 4.90 Å². The molecule has 0 bridgehead atoms. The van der Waals surface area contributed by atoms with Gasteiger partial charge in [-0.3, -0.25) is 4.90 Å². The number of aliphatic hydroxyl groups excluding tert-OH is 2. The van der Waals surface area contributed by atoms with Crippen LogP contribution in [-0.2, 0) is 0 Å². The highest BCUT2D eigenvalue weighted by Gasteiger charge is 2.67. The fourth-order valence-corrected chi connectivity index (χ4v) is 10.3. The van der Waals surface area contributed by atoms with E-state index in [1.165, 1.54) is 38.8 Å². The molecule has 4 heteroatoms. The average Bonchev–Trinajstić information content (AvgIpc) is 3.03. The molecule has 12 atom stereocenters. The number of aliphatic hydroxyl groups is 3. The number of hydrogen-bond donors (Lipinski definition) is 3. The molecule has 4 nitrogen and oxygen atoms in total. The molecule has 6 aliphatic rings. The maximum Gasteiger partial charge on any atom is 0.0711 e. The molecule has 2 aliphatic heterocycles. The molecule has 170 valence electrons. The fraction of sp³-hybridized carbons (Fsp3) is 1.00. The van der Waals surface area contributed by atoms with Crippen molar-refractivity contribution in [3.05, 3.63) is 0 Å². The van der Waals surface area contributed by atoms with E-state index < -0.39 is 5.60 Å². The maximum atomic E-state index is 12.2. The Morgan fingerprint density at radius 3 is 2.50 bits per heavy atom. The summed E-state index contributed by atoms with van der Waals surface area (Å²) in [7, 11) is 0. The van der Waals surface area contributed by atoms with E-state index in [-0.39, 0.29) is 29.5 Å². The average molecular weight is 418 g/mol. The van der Waals surface area contributed by atoms with Gasteiger partial charge >= 0.3 is 0 Å². The summed E-state index contributed by atoms with van der Waals surface area (Å²) in [6.45, 7) is 7.36. The molecule has 0 aromatic heterocycles. The fourth-order valence-electron chi connectivity index (χ4n) is 10.3. The third-order valence-corrected chi connectivity index (χ3v) is 11.8. The zero-order chi connectivity index (χ0) is 20.8. The van der Waals surface area contributed by atoms with Crippen LogP contribution in [0.4, 0.5) is 0 Å².